The molecule has 6 nitrogen and oxygen atoms in total. The Kier molecular flexibility index (Phi) is 2.56. The van der Waals surface area contributed by atoms with E-state index in [1.165, 1.54) is 29.2 Å². The number of nitrogens with two attached hydrogens (primary N) is 1. The smallest absolute Gasteiger partial charge is 0.414 e. The van der Waals surface area contributed by atoms with Crippen molar-refractivity contribution in [2.75, 3.05) is 18.1 Å². The quantitative estimate of drug-likeness (QED) is 0.807. The number of carbonyl (C=O) groups excluding carboxylic acids is 1. The Morgan fingerprint density at radius 2 is 1.88 bits per heavy atom. The van der Waals surface area contributed by atoms with E-state index in [0.29, 0.717) is 18.8 Å². The van der Waals surface area contributed by atoms with Crippen molar-refractivity contribution in [2.45, 2.75) is 4.90 Å². The number of anilines is 1. The molecule has 1 aliphatic heterocycles. The number of hydrogen-bond acceptors (Lipinski definition) is 4. The predicted molar refractivity (Wildman–Crippen MR) is 56.5 cm³/mol. The molecular formula is C9H10N2O4S. The lowest BCUT2D eigenvalue weighted by Gasteiger charge is -2.12. The summed E-state index contributed by atoms with van der Waals surface area (Å²) in [4.78, 5) is 12.7. The number of nitrogens with zero attached hydrogens (tertiary/aromatic N) is 1. The maximum absolute atomic E-state index is 11.2. The average molecular weight is 242 g/mol. The summed E-state index contributed by atoms with van der Waals surface area (Å²) in [6.45, 7) is 0.809. The zero-order valence-electron chi connectivity index (χ0n) is 8.29. The summed E-state index contributed by atoms with van der Waals surface area (Å²) in [5, 5.41) is 4.95. The molecule has 1 amide bonds. The van der Waals surface area contributed by atoms with E-state index in [1.807, 2.05) is 0 Å². The number of rotatable bonds is 2. The highest BCUT2D eigenvalue weighted by atomic mass is 32.2. The van der Waals surface area contributed by atoms with Crippen LogP contribution < -0.4 is 10.0 Å². The summed E-state index contributed by atoms with van der Waals surface area (Å²) in [6, 6.07) is 5.76. The van der Waals surface area contributed by atoms with Crippen LogP contribution in [0.5, 0.6) is 0 Å². The third kappa shape index (κ3) is 2.00. The average Bonchev–Trinajstić information content (AvgIpc) is 2.63. The van der Waals surface area contributed by atoms with Gasteiger partial charge in [-0.25, -0.2) is 18.4 Å². The molecule has 0 aromatic heterocycles. The second-order valence-corrected chi connectivity index (χ2v) is 4.87. The Labute approximate surface area is 92.7 Å². The van der Waals surface area contributed by atoms with E-state index in [2.05, 4.69) is 0 Å². The number of sulfonamides is 1. The molecule has 1 aliphatic rings. The third-order valence-electron chi connectivity index (χ3n) is 2.24. The van der Waals surface area contributed by atoms with Crippen molar-refractivity contribution >= 4 is 21.8 Å². The van der Waals surface area contributed by atoms with E-state index in [1.54, 1.807) is 0 Å². The number of cyclic esters (lactones) is 1. The fourth-order valence-electron chi connectivity index (χ4n) is 1.44. The molecular weight excluding hydrogens is 232 g/mol. The van der Waals surface area contributed by atoms with Gasteiger partial charge in [-0.3, -0.25) is 4.90 Å². The van der Waals surface area contributed by atoms with Crippen molar-refractivity contribution in [3.05, 3.63) is 24.3 Å². The molecule has 0 saturated carbocycles. The van der Waals surface area contributed by atoms with Crippen LogP contribution in [0.3, 0.4) is 0 Å². The number of benzene rings is 1. The van der Waals surface area contributed by atoms with Gasteiger partial charge in [0.2, 0.25) is 10.0 Å². The van der Waals surface area contributed by atoms with Crippen molar-refractivity contribution in [2.24, 2.45) is 5.14 Å². The van der Waals surface area contributed by atoms with E-state index >= 15 is 0 Å². The van der Waals surface area contributed by atoms with Crippen LogP contribution in [0, 0.1) is 0 Å². The van der Waals surface area contributed by atoms with Crippen LogP contribution >= 0.6 is 0 Å². The summed E-state index contributed by atoms with van der Waals surface area (Å²) in [5.74, 6) is 0. The van der Waals surface area contributed by atoms with Crippen molar-refractivity contribution < 1.29 is 17.9 Å². The molecule has 0 atom stereocenters. The highest BCUT2D eigenvalue weighted by Crippen LogP contribution is 2.20. The fraction of sp³-hybridized carbons (Fsp3) is 0.222. The summed E-state index contributed by atoms with van der Waals surface area (Å²) in [5.41, 5.74) is 0.593. The van der Waals surface area contributed by atoms with Gasteiger partial charge in [0.15, 0.2) is 0 Å². The molecule has 1 aromatic rings. The normalized spacial score (nSPS) is 16.3. The van der Waals surface area contributed by atoms with Crippen molar-refractivity contribution in [1.82, 2.24) is 0 Å². The SMILES string of the molecule is NS(=O)(=O)c1ccc(N2CCOC2=O)cc1. The molecule has 1 aromatic carbocycles. The number of carbonyl (C=O) groups is 1. The van der Waals surface area contributed by atoms with Gasteiger partial charge in [-0.2, -0.15) is 0 Å². The van der Waals surface area contributed by atoms with Gasteiger partial charge in [-0.15, -0.1) is 0 Å². The highest BCUT2D eigenvalue weighted by molar-refractivity contribution is 7.89. The molecule has 16 heavy (non-hydrogen) atoms. The Balaban J connectivity index is 2.29. The van der Waals surface area contributed by atoms with E-state index in [4.69, 9.17) is 9.88 Å². The van der Waals surface area contributed by atoms with Crippen LogP contribution in [-0.4, -0.2) is 27.7 Å². The van der Waals surface area contributed by atoms with Gasteiger partial charge in [0, 0.05) is 5.69 Å². The minimum atomic E-state index is -3.69. The molecule has 1 heterocycles. The van der Waals surface area contributed by atoms with Gasteiger partial charge in [-0.1, -0.05) is 0 Å². The van der Waals surface area contributed by atoms with Crippen molar-refractivity contribution in [3.8, 4) is 0 Å². The van der Waals surface area contributed by atoms with Crippen LogP contribution in [0.1, 0.15) is 0 Å². The van der Waals surface area contributed by atoms with E-state index in [9.17, 15) is 13.2 Å². The number of primary sulfonamides is 1. The topological polar surface area (TPSA) is 89.7 Å². The lowest BCUT2D eigenvalue weighted by molar-refractivity contribution is 0.181. The van der Waals surface area contributed by atoms with Gasteiger partial charge in [0.05, 0.1) is 11.4 Å². The minimum Gasteiger partial charge on any atom is -0.447 e. The van der Waals surface area contributed by atoms with E-state index in [-0.39, 0.29) is 4.90 Å². The first-order chi connectivity index (χ1) is 7.48. The van der Waals surface area contributed by atoms with Crippen molar-refractivity contribution in [1.29, 1.82) is 0 Å². The van der Waals surface area contributed by atoms with Crippen LogP contribution in [0.25, 0.3) is 0 Å². The molecule has 2 rings (SSSR count). The lowest BCUT2D eigenvalue weighted by atomic mass is 10.3. The second kappa shape index (κ2) is 3.76. The first kappa shape index (κ1) is 10.9. The zero-order chi connectivity index (χ0) is 11.8. The standard InChI is InChI=1S/C9H10N2O4S/c10-16(13,14)8-3-1-7(2-4-8)11-5-6-15-9(11)12/h1-4H,5-6H2,(H2,10,13,14). The summed E-state index contributed by atoms with van der Waals surface area (Å²) >= 11 is 0. The van der Waals surface area contributed by atoms with Crippen LogP contribution in [0.15, 0.2) is 29.2 Å². The maximum Gasteiger partial charge on any atom is 0.414 e. The zero-order valence-corrected chi connectivity index (χ0v) is 9.11. The lowest BCUT2D eigenvalue weighted by Crippen LogP contribution is -2.23. The van der Waals surface area contributed by atoms with Gasteiger partial charge in [-0.05, 0) is 24.3 Å². The first-order valence-electron chi connectivity index (χ1n) is 4.55. The molecule has 0 radical (unpaired) electrons. The third-order valence-corrected chi connectivity index (χ3v) is 3.17. The van der Waals surface area contributed by atoms with Crippen molar-refractivity contribution in [3.63, 3.8) is 0 Å². The molecule has 2 N–H and O–H groups in total. The van der Waals surface area contributed by atoms with Crippen LogP contribution in [-0.2, 0) is 14.8 Å². The molecule has 0 bridgehead atoms. The van der Waals surface area contributed by atoms with Crippen LogP contribution in [0.2, 0.25) is 0 Å². The summed E-state index contributed by atoms with van der Waals surface area (Å²) in [6.07, 6.45) is -0.427. The molecule has 7 heteroatoms. The molecule has 0 spiro atoms. The predicted octanol–water partition coefficient (Wildman–Crippen LogP) is 0.291. The van der Waals surface area contributed by atoms with Gasteiger partial charge in [0.1, 0.15) is 6.61 Å². The summed E-state index contributed by atoms with van der Waals surface area (Å²) in [7, 11) is -3.69. The second-order valence-electron chi connectivity index (χ2n) is 3.30. The van der Waals surface area contributed by atoms with Gasteiger partial charge < -0.3 is 4.74 Å². The molecule has 0 aliphatic carbocycles. The van der Waals surface area contributed by atoms with Gasteiger partial charge >= 0.3 is 6.09 Å². The molecule has 0 unspecified atom stereocenters. The number of ether oxygens (including phenoxy) is 1. The summed E-state index contributed by atoms with van der Waals surface area (Å²) < 4.78 is 26.8. The maximum atomic E-state index is 11.2. The van der Waals surface area contributed by atoms with Gasteiger partial charge in [0.25, 0.3) is 0 Å². The minimum absolute atomic E-state index is 0.0174. The Bertz CT molecular complexity index is 509. The number of hydrogen-bond donors (Lipinski definition) is 1. The Morgan fingerprint density at radius 3 is 2.31 bits per heavy atom. The highest BCUT2D eigenvalue weighted by Gasteiger charge is 2.23. The van der Waals surface area contributed by atoms with E-state index < -0.39 is 16.1 Å². The monoisotopic (exact) mass is 242 g/mol. The largest absolute Gasteiger partial charge is 0.447 e. The Hall–Kier alpha value is -1.60. The molecule has 1 saturated heterocycles. The Morgan fingerprint density at radius 1 is 1.25 bits per heavy atom. The van der Waals surface area contributed by atoms with E-state index in [0.717, 1.165) is 0 Å². The molecule has 86 valence electrons. The first-order valence-corrected chi connectivity index (χ1v) is 6.10. The fourth-order valence-corrected chi connectivity index (χ4v) is 1.96. The molecule has 1 fully saturated rings. The van der Waals surface area contributed by atoms with Crippen LogP contribution in [0.4, 0.5) is 10.5 Å². The number of amides is 1.